The maximum Gasteiger partial charge on any atom is 0.247 e. The lowest BCUT2D eigenvalue weighted by Crippen LogP contribution is -2.44. The predicted octanol–water partition coefficient (Wildman–Crippen LogP) is 5.69. The van der Waals surface area contributed by atoms with E-state index < -0.39 is 6.04 Å². The first-order chi connectivity index (χ1) is 17.5. The van der Waals surface area contributed by atoms with E-state index in [0.29, 0.717) is 13.1 Å². The van der Waals surface area contributed by atoms with Gasteiger partial charge < -0.3 is 15.0 Å². The van der Waals surface area contributed by atoms with Crippen LogP contribution in [0.2, 0.25) is 0 Å². The Labute approximate surface area is 216 Å². The van der Waals surface area contributed by atoms with E-state index in [9.17, 15) is 9.59 Å². The molecule has 0 aliphatic heterocycles. The molecule has 184 valence electrons. The number of benzene rings is 3. The van der Waals surface area contributed by atoms with Crippen molar-refractivity contribution in [2.45, 2.75) is 32.5 Å². The van der Waals surface area contributed by atoms with Crippen molar-refractivity contribution in [1.82, 2.24) is 10.2 Å². The van der Waals surface area contributed by atoms with Crippen molar-refractivity contribution >= 4 is 23.2 Å². The monoisotopic (exact) mass is 498 g/mol. The van der Waals surface area contributed by atoms with Crippen LogP contribution in [-0.2, 0) is 29.1 Å². The van der Waals surface area contributed by atoms with Crippen molar-refractivity contribution in [2.75, 3.05) is 7.11 Å². The molecule has 4 aromatic rings. The second kappa shape index (κ2) is 12.2. The number of thiophene rings is 1. The Morgan fingerprint density at radius 3 is 2.28 bits per heavy atom. The second-order valence-electron chi connectivity index (χ2n) is 8.59. The normalized spacial score (nSPS) is 11.5. The maximum atomic E-state index is 13.8. The molecule has 0 bridgehead atoms. The van der Waals surface area contributed by atoms with Crippen LogP contribution in [0.4, 0.5) is 0 Å². The van der Waals surface area contributed by atoms with Crippen molar-refractivity contribution in [3.05, 3.63) is 124 Å². The summed E-state index contributed by atoms with van der Waals surface area (Å²) < 4.78 is 5.29. The fraction of sp³-hybridized carbons (Fsp3) is 0.200. The second-order valence-corrected chi connectivity index (χ2v) is 9.62. The fourth-order valence-electron chi connectivity index (χ4n) is 4.14. The Hall–Kier alpha value is -3.90. The molecule has 1 atom stereocenters. The van der Waals surface area contributed by atoms with Crippen LogP contribution in [0.5, 0.6) is 5.75 Å². The largest absolute Gasteiger partial charge is 0.497 e. The highest BCUT2D eigenvalue weighted by Gasteiger charge is 2.32. The molecule has 2 amide bonds. The molecule has 0 aliphatic carbocycles. The quantitative estimate of drug-likeness (QED) is 0.305. The summed E-state index contributed by atoms with van der Waals surface area (Å²) in [7, 11) is 1.62. The Morgan fingerprint density at radius 2 is 1.61 bits per heavy atom. The van der Waals surface area contributed by atoms with E-state index in [2.05, 4.69) is 5.32 Å². The first-order valence-corrected chi connectivity index (χ1v) is 12.7. The van der Waals surface area contributed by atoms with Gasteiger partial charge in [-0.2, -0.15) is 0 Å². The fourth-order valence-corrected chi connectivity index (χ4v) is 4.84. The summed E-state index contributed by atoms with van der Waals surface area (Å²) >= 11 is 1.54. The van der Waals surface area contributed by atoms with Gasteiger partial charge in [-0.1, -0.05) is 72.8 Å². The molecular formula is C30H30N2O3S. The zero-order chi connectivity index (χ0) is 25.3. The SMILES string of the molecule is COc1ccc(CN(C(=O)Cc2cccs2)C(C(=O)NCc2ccccc2)c2ccccc2C)cc1. The van der Waals surface area contributed by atoms with E-state index in [-0.39, 0.29) is 18.2 Å². The highest BCUT2D eigenvalue weighted by atomic mass is 32.1. The van der Waals surface area contributed by atoms with E-state index in [1.807, 2.05) is 103 Å². The van der Waals surface area contributed by atoms with E-state index in [1.54, 1.807) is 23.3 Å². The number of nitrogens with one attached hydrogen (secondary N) is 1. The number of ether oxygens (including phenoxy) is 1. The molecule has 0 saturated heterocycles. The molecule has 6 heteroatoms. The van der Waals surface area contributed by atoms with Gasteiger partial charge in [-0.05, 0) is 52.8 Å². The van der Waals surface area contributed by atoms with E-state index in [0.717, 1.165) is 32.9 Å². The van der Waals surface area contributed by atoms with Gasteiger partial charge in [0.1, 0.15) is 11.8 Å². The number of nitrogens with zero attached hydrogens (tertiary/aromatic N) is 1. The highest BCUT2D eigenvalue weighted by Crippen LogP contribution is 2.28. The predicted molar refractivity (Wildman–Crippen MR) is 144 cm³/mol. The smallest absolute Gasteiger partial charge is 0.247 e. The lowest BCUT2D eigenvalue weighted by Gasteiger charge is -2.32. The average Bonchev–Trinajstić information content (AvgIpc) is 3.42. The summed E-state index contributed by atoms with van der Waals surface area (Å²) in [6, 6.07) is 28.3. The Balaban J connectivity index is 1.69. The van der Waals surface area contributed by atoms with Gasteiger partial charge in [0, 0.05) is 18.0 Å². The van der Waals surface area contributed by atoms with Crippen LogP contribution in [0, 0.1) is 6.92 Å². The van der Waals surface area contributed by atoms with Gasteiger partial charge in [0.25, 0.3) is 0 Å². The minimum absolute atomic E-state index is 0.101. The topological polar surface area (TPSA) is 58.6 Å². The molecule has 3 aromatic carbocycles. The third kappa shape index (κ3) is 6.40. The van der Waals surface area contributed by atoms with Crippen LogP contribution in [0.1, 0.15) is 33.2 Å². The van der Waals surface area contributed by atoms with Gasteiger partial charge in [0.05, 0.1) is 13.5 Å². The minimum Gasteiger partial charge on any atom is -0.497 e. The van der Waals surface area contributed by atoms with Gasteiger partial charge >= 0.3 is 0 Å². The number of carbonyl (C=O) groups excluding carboxylic acids is 2. The molecule has 1 aromatic heterocycles. The van der Waals surface area contributed by atoms with Crippen molar-refractivity contribution < 1.29 is 14.3 Å². The molecule has 0 aliphatic rings. The Kier molecular flexibility index (Phi) is 8.53. The molecule has 36 heavy (non-hydrogen) atoms. The van der Waals surface area contributed by atoms with Crippen LogP contribution >= 0.6 is 11.3 Å². The van der Waals surface area contributed by atoms with Crippen LogP contribution in [0.25, 0.3) is 0 Å². The summed E-state index contributed by atoms with van der Waals surface area (Å²) in [4.78, 5) is 30.2. The van der Waals surface area contributed by atoms with Gasteiger partial charge in [-0.25, -0.2) is 0 Å². The van der Waals surface area contributed by atoms with Crippen molar-refractivity contribution in [1.29, 1.82) is 0 Å². The third-order valence-corrected chi connectivity index (χ3v) is 6.97. The summed E-state index contributed by atoms with van der Waals surface area (Å²) in [5.41, 5.74) is 3.70. The van der Waals surface area contributed by atoms with Crippen LogP contribution in [0.15, 0.2) is 96.4 Å². The first-order valence-electron chi connectivity index (χ1n) is 11.9. The number of methoxy groups -OCH3 is 1. The van der Waals surface area contributed by atoms with Gasteiger partial charge in [0.15, 0.2) is 0 Å². The van der Waals surface area contributed by atoms with Gasteiger partial charge in [0.2, 0.25) is 11.8 Å². The zero-order valence-corrected chi connectivity index (χ0v) is 21.3. The lowest BCUT2D eigenvalue weighted by atomic mass is 9.97. The molecule has 1 N–H and O–H groups in total. The number of carbonyl (C=O) groups is 2. The van der Waals surface area contributed by atoms with Crippen molar-refractivity contribution in [3.63, 3.8) is 0 Å². The van der Waals surface area contributed by atoms with Gasteiger partial charge in [-0.3, -0.25) is 9.59 Å². The standard InChI is InChI=1S/C30H30N2O3S/c1-22-9-6-7-13-27(22)29(30(34)31-20-23-10-4-3-5-11-23)32(28(33)19-26-12-8-18-36-26)21-24-14-16-25(35-2)17-15-24/h3-18,29H,19-21H2,1-2H3,(H,31,34). The number of aryl methyl sites for hydroxylation is 1. The molecule has 5 nitrogen and oxygen atoms in total. The number of hydrogen-bond donors (Lipinski definition) is 1. The minimum atomic E-state index is -0.774. The molecule has 1 unspecified atom stereocenters. The lowest BCUT2D eigenvalue weighted by molar-refractivity contribution is -0.141. The van der Waals surface area contributed by atoms with E-state index >= 15 is 0 Å². The highest BCUT2D eigenvalue weighted by molar-refractivity contribution is 7.10. The van der Waals surface area contributed by atoms with Crippen LogP contribution in [-0.4, -0.2) is 23.8 Å². The van der Waals surface area contributed by atoms with Crippen molar-refractivity contribution in [2.24, 2.45) is 0 Å². The summed E-state index contributed by atoms with van der Waals surface area (Å²) in [6.45, 7) is 2.66. The summed E-state index contributed by atoms with van der Waals surface area (Å²) in [5, 5.41) is 5.03. The molecule has 0 spiro atoms. The van der Waals surface area contributed by atoms with Gasteiger partial charge in [-0.15, -0.1) is 11.3 Å². The number of amides is 2. The maximum absolute atomic E-state index is 13.8. The van der Waals surface area contributed by atoms with Crippen molar-refractivity contribution in [3.8, 4) is 5.75 Å². The van der Waals surface area contributed by atoms with E-state index in [1.165, 1.54) is 0 Å². The number of rotatable bonds is 10. The van der Waals surface area contributed by atoms with Crippen LogP contribution < -0.4 is 10.1 Å². The molecule has 0 radical (unpaired) electrons. The zero-order valence-electron chi connectivity index (χ0n) is 20.5. The molecule has 4 rings (SSSR count). The summed E-state index contributed by atoms with van der Waals surface area (Å²) in [6.07, 6.45) is 0.238. The van der Waals surface area contributed by atoms with E-state index in [4.69, 9.17) is 4.74 Å². The molecule has 1 heterocycles. The molecule has 0 saturated carbocycles. The van der Waals surface area contributed by atoms with Crippen LogP contribution in [0.3, 0.4) is 0 Å². The third-order valence-electron chi connectivity index (χ3n) is 6.09. The average molecular weight is 499 g/mol. The number of hydrogen-bond acceptors (Lipinski definition) is 4. The first kappa shape index (κ1) is 25.2. The Morgan fingerprint density at radius 1 is 0.889 bits per heavy atom. The molecule has 0 fully saturated rings. The molecular weight excluding hydrogens is 468 g/mol. The Bertz CT molecular complexity index is 1270. The summed E-state index contributed by atoms with van der Waals surface area (Å²) in [5.74, 6) is 0.434.